The molecule has 0 saturated heterocycles. The highest BCUT2D eigenvalue weighted by molar-refractivity contribution is 5.33. The van der Waals surface area contributed by atoms with Gasteiger partial charge in [-0.25, -0.2) is 4.39 Å². The third-order valence-corrected chi connectivity index (χ3v) is 8.17. The number of hydrogen-bond donors (Lipinski definition) is 0. The zero-order valence-corrected chi connectivity index (χ0v) is 21.6. The highest BCUT2D eigenvalue weighted by Crippen LogP contribution is 2.40. The third kappa shape index (κ3) is 6.74. The quantitative estimate of drug-likeness (QED) is 0.325. The standard InChI is InChI=1S/C32H42F2O/c1-3-5-23-8-14-26(15-9-23)27-16-10-24(11-17-27)6-7-25-12-18-28(19-13-25)29-20-21-30(35-22-4-2)32(34)31(29)33/h6-9,14-15,20-21,24-25,27-28H,3-5,10-13,16-19,22H2,1-2H3/b7-6+. The van der Waals surface area contributed by atoms with E-state index in [9.17, 15) is 8.78 Å². The van der Waals surface area contributed by atoms with Gasteiger partial charge in [-0.2, -0.15) is 4.39 Å². The first-order chi connectivity index (χ1) is 17.1. The molecule has 0 N–H and O–H groups in total. The van der Waals surface area contributed by atoms with Crippen LogP contribution in [0.1, 0.15) is 107 Å². The summed E-state index contributed by atoms with van der Waals surface area (Å²) in [5.41, 5.74) is 3.49. The van der Waals surface area contributed by atoms with Crippen molar-refractivity contribution < 1.29 is 13.5 Å². The van der Waals surface area contributed by atoms with Gasteiger partial charge < -0.3 is 4.74 Å². The van der Waals surface area contributed by atoms with Crippen LogP contribution in [0.3, 0.4) is 0 Å². The van der Waals surface area contributed by atoms with Crippen LogP contribution < -0.4 is 4.74 Å². The minimum absolute atomic E-state index is 0.0351. The molecular formula is C32H42F2O. The van der Waals surface area contributed by atoms with Crippen molar-refractivity contribution in [3.63, 3.8) is 0 Å². The van der Waals surface area contributed by atoms with Crippen LogP contribution in [-0.2, 0) is 6.42 Å². The number of hydrogen-bond acceptors (Lipinski definition) is 1. The molecule has 0 amide bonds. The Hall–Kier alpha value is -2.16. The van der Waals surface area contributed by atoms with Gasteiger partial charge >= 0.3 is 0 Å². The summed E-state index contributed by atoms with van der Waals surface area (Å²) in [6.45, 7) is 4.59. The maximum atomic E-state index is 14.7. The zero-order valence-electron chi connectivity index (χ0n) is 21.6. The lowest BCUT2D eigenvalue weighted by atomic mass is 9.76. The fourth-order valence-corrected chi connectivity index (χ4v) is 6.01. The summed E-state index contributed by atoms with van der Waals surface area (Å²) in [6.07, 6.45) is 17.1. The first-order valence-electron chi connectivity index (χ1n) is 14.0. The molecule has 0 aliphatic heterocycles. The lowest BCUT2D eigenvalue weighted by molar-refractivity contribution is 0.292. The maximum absolute atomic E-state index is 14.7. The van der Waals surface area contributed by atoms with Crippen molar-refractivity contribution in [3.05, 3.63) is 76.9 Å². The van der Waals surface area contributed by atoms with Crippen molar-refractivity contribution in [3.8, 4) is 5.75 Å². The Morgan fingerprint density at radius 3 is 1.89 bits per heavy atom. The van der Waals surface area contributed by atoms with E-state index in [0.717, 1.165) is 32.1 Å². The Labute approximate surface area is 211 Å². The van der Waals surface area contributed by atoms with Crippen LogP contribution in [0, 0.1) is 23.5 Å². The van der Waals surface area contributed by atoms with Gasteiger partial charge in [0.25, 0.3) is 0 Å². The fourth-order valence-electron chi connectivity index (χ4n) is 6.01. The van der Waals surface area contributed by atoms with Crippen LogP contribution in [0.15, 0.2) is 48.6 Å². The van der Waals surface area contributed by atoms with E-state index < -0.39 is 11.6 Å². The third-order valence-electron chi connectivity index (χ3n) is 8.17. The lowest BCUT2D eigenvalue weighted by Crippen LogP contribution is -2.15. The van der Waals surface area contributed by atoms with Crippen LogP contribution in [0.2, 0.25) is 0 Å². The summed E-state index contributed by atoms with van der Waals surface area (Å²) in [7, 11) is 0. The van der Waals surface area contributed by atoms with E-state index >= 15 is 0 Å². The number of allylic oxidation sites excluding steroid dienone is 2. The number of aryl methyl sites for hydroxylation is 1. The summed E-state index contributed by atoms with van der Waals surface area (Å²) in [4.78, 5) is 0. The smallest absolute Gasteiger partial charge is 0.200 e. The van der Waals surface area contributed by atoms with Crippen molar-refractivity contribution in [2.24, 2.45) is 11.8 Å². The van der Waals surface area contributed by atoms with E-state index in [2.05, 4.69) is 43.3 Å². The van der Waals surface area contributed by atoms with Gasteiger partial charge in [0.05, 0.1) is 6.61 Å². The van der Waals surface area contributed by atoms with E-state index in [4.69, 9.17) is 4.74 Å². The number of rotatable bonds is 9. The van der Waals surface area contributed by atoms with Crippen LogP contribution in [-0.4, -0.2) is 6.61 Å². The van der Waals surface area contributed by atoms with Crippen LogP contribution in [0.5, 0.6) is 5.75 Å². The minimum atomic E-state index is -0.828. The maximum Gasteiger partial charge on any atom is 0.200 e. The normalized spacial score (nSPS) is 25.1. The van der Waals surface area contributed by atoms with Gasteiger partial charge in [0.1, 0.15) is 0 Å². The van der Waals surface area contributed by atoms with Gasteiger partial charge in [-0.05, 0) is 111 Å². The summed E-state index contributed by atoms with van der Waals surface area (Å²) in [6, 6.07) is 12.7. The van der Waals surface area contributed by atoms with Crippen molar-refractivity contribution in [1.82, 2.24) is 0 Å². The summed E-state index contributed by atoms with van der Waals surface area (Å²) in [5, 5.41) is 0. The molecule has 0 radical (unpaired) electrons. The molecule has 2 saturated carbocycles. The monoisotopic (exact) mass is 480 g/mol. The van der Waals surface area contributed by atoms with Crippen molar-refractivity contribution in [1.29, 1.82) is 0 Å². The molecule has 0 unspecified atom stereocenters. The largest absolute Gasteiger partial charge is 0.490 e. The first-order valence-corrected chi connectivity index (χ1v) is 14.0. The summed E-state index contributed by atoms with van der Waals surface area (Å²) >= 11 is 0. The Balaban J connectivity index is 1.23. The molecule has 0 spiro atoms. The molecule has 0 aromatic heterocycles. The summed E-state index contributed by atoms with van der Waals surface area (Å²) < 4.78 is 34.5. The van der Waals surface area contributed by atoms with Gasteiger partial charge in [0.2, 0.25) is 5.82 Å². The predicted molar refractivity (Wildman–Crippen MR) is 141 cm³/mol. The highest BCUT2D eigenvalue weighted by Gasteiger charge is 2.26. The van der Waals surface area contributed by atoms with E-state index in [1.807, 2.05) is 6.92 Å². The molecule has 2 fully saturated rings. The molecule has 2 aliphatic rings. The molecule has 35 heavy (non-hydrogen) atoms. The zero-order chi connectivity index (χ0) is 24.6. The SMILES string of the molecule is CCCOc1ccc(C2CCC(/C=C/C3CCC(c4ccc(CCC)cc4)CC3)CC2)c(F)c1F. The van der Waals surface area contributed by atoms with E-state index in [0.29, 0.717) is 29.9 Å². The van der Waals surface area contributed by atoms with Crippen LogP contribution in [0.4, 0.5) is 8.78 Å². The second-order valence-electron chi connectivity index (χ2n) is 10.7. The minimum Gasteiger partial charge on any atom is -0.490 e. The Morgan fingerprint density at radius 2 is 1.31 bits per heavy atom. The van der Waals surface area contributed by atoms with E-state index in [1.165, 1.54) is 49.7 Å². The Kier molecular flexibility index (Phi) is 9.40. The molecule has 1 nitrogen and oxygen atoms in total. The van der Waals surface area contributed by atoms with E-state index in [-0.39, 0.29) is 11.7 Å². The Morgan fingerprint density at radius 1 is 0.714 bits per heavy atom. The molecule has 0 heterocycles. The number of benzene rings is 2. The second kappa shape index (κ2) is 12.7. The van der Waals surface area contributed by atoms with Crippen LogP contribution >= 0.6 is 0 Å². The molecule has 4 rings (SSSR count). The van der Waals surface area contributed by atoms with Gasteiger partial charge in [0.15, 0.2) is 11.6 Å². The Bertz CT molecular complexity index is 948. The van der Waals surface area contributed by atoms with Crippen molar-refractivity contribution >= 4 is 0 Å². The van der Waals surface area contributed by atoms with Crippen molar-refractivity contribution in [2.75, 3.05) is 6.61 Å². The highest BCUT2D eigenvalue weighted by atomic mass is 19.2. The number of ether oxygens (including phenoxy) is 1. The molecular weight excluding hydrogens is 438 g/mol. The van der Waals surface area contributed by atoms with Crippen LogP contribution in [0.25, 0.3) is 0 Å². The van der Waals surface area contributed by atoms with Gasteiger partial charge in [-0.3, -0.25) is 0 Å². The molecule has 190 valence electrons. The summed E-state index contributed by atoms with van der Waals surface area (Å²) in [5.74, 6) is 0.557. The molecule has 3 heteroatoms. The fraction of sp³-hybridized carbons (Fsp3) is 0.562. The average Bonchev–Trinajstić information content (AvgIpc) is 2.90. The first kappa shape index (κ1) is 25.9. The second-order valence-corrected chi connectivity index (χ2v) is 10.7. The molecule has 2 aromatic carbocycles. The molecule has 2 aromatic rings. The average molecular weight is 481 g/mol. The van der Waals surface area contributed by atoms with Gasteiger partial charge in [-0.15, -0.1) is 0 Å². The van der Waals surface area contributed by atoms with Crippen molar-refractivity contribution in [2.45, 2.75) is 96.3 Å². The topological polar surface area (TPSA) is 9.23 Å². The van der Waals surface area contributed by atoms with Gasteiger partial charge in [0, 0.05) is 0 Å². The number of halogens is 2. The van der Waals surface area contributed by atoms with E-state index in [1.54, 1.807) is 12.1 Å². The molecule has 0 atom stereocenters. The molecule has 0 bridgehead atoms. The van der Waals surface area contributed by atoms with Gasteiger partial charge in [-0.1, -0.05) is 62.8 Å². The lowest BCUT2D eigenvalue weighted by Gasteiger charge is -2.29. The molecule has 2 aliphatic carbocycles. The predicted octanol–water partition coefficient (Wildman–Crippen LogP) is 9.51.